The molecule has 4 nitrogen and oxygen atoms in total. The fourth-order valence-corrected chi connectivity index (χ4v) is 3.44. The van der Waals surface area contributed by atoms with Crippen LogP contribution in [0.2, 0.25) is 0 Å². The van der Waals surface area contributed by atoms with Crippen LogP contribution in [-0.4, -0.2) is 24.2 Å². The molecule has 0 aliphatic rings. The third-order valence-corrected chi connectivity index (χ3v) is 5.50. The van der Waals surface area contributed by atoms with Crippen LogP contribution in [0.4, 0.5) is 0 Å². The van der Waals surface area contributed by atoms with E-state index >= 15 is 0 Å². The van der Waals surface area contributed by atoms with Crippen molar-refractivity contribution in [2.75, 3.05) is 0 Å². The average Bonchev–Trinajstić information content (AvgIpc) is 2.74. The maximum absolute atomic E-state index is 12.3. The van der Waals surface area contributed by atoms with Crippen molar-refractivity contribution in [3.05, 3.63) is 54.6 Å². The molecule has 3 atom stereocenters. The zero-order chi connectivity index (χ0) is 21.4. The number of carbonyl (C=O) groups is 1. The van der Waals surface area contributed by atoms with E-state index in [-0.39, 0.29) is 42.4 Å². The molecule has 0 fully saturated rings. The quantitative estimate of drug-likeness (QED) is 0.475. The number of carbonyl (C=O) groups excluding carboxylic acids is 1. The second kappa shape index (κ2) is 12.6. The first-order valence-corrected chi connectivity index (χ1v) is 10.7. The highest BCUT2D eigenvalue weighted by Gasteiger charge is 2.31. The van der Waals surface area contributed by atoms with Crippen LogP contribution < -0.4 is 10.5 Å². The Balaban J connectivity index is 0.00000450. The number of halogens is 1. The minimum absolute atomic E-state index is 0. The van der Waals surface area contributed by atoms with Gasteiger partial charge in [-0.3, -0.25) is 4.79 Å². The lowest BCUT2D eigenvalue weighted by atomic mass is 9.93. The molecule has 0 unspecified atom stereocenters. The second-order valence-electron chi connectivity index (χ2n) is 7.96. The lowest BCUT2D eigenvalue weighted by Crippen LogP contribution is -2.44. The van der Waals surface area contributed by atoms with Gasteiger partial charge in [0.25, 0.3) is 0 Å². The lowest BCUT2D eigenvalue weighted by molar-refractivity contribution is -0.157. The van der Waals surface area contributed by atoms with Gasteiger partial charge in [-0.05, 0) is 54.9 Å². The van der Waals surface area contributed by atoms with Crippen molar-refractivity contribution >= 4 is 18.4 Å². The number of hydrogen-bond acceptors (Lipinski definition) is 4. The molecule has 0 spiro atoms. The lowest BCUT2D eigenvalue weighted by Gasteiger charge is -2.32. The second-order valence-corrected chi connectivity index (χ2v) is 7.96. The standard InChI is InChI=1S/C25H35NO3.ClH/c1-6-19(7-2)24(18(5)28-25(27)23(26)17(3)4)29-22-15-13-21(14-16-22)20-11-9-8-10-12-20;/h8-19,23-24H,6-7,26H2,1-5H3;1H/t18-,23-,24-;/m0./s1. The molecular weight excluding hydrogens is 398 g/mol. The van der Waals surface area contributed by atoms with E-state index < -0.39 is 6.04 Å². The zero-order valence-electron chi connectivity index (χ0n) is 18.7. The minimum Gasteiger partial charge on any atom is -0.486 e. The molecule has 0 amide bonds. The number of rotatable bonds is 10. The first-order valence-electron chi connectivity index (χ1n) is 10.7. The maximum atomic E-state index is 12.3. The molecule has 2 N–H and O–H groups in total. The van der Waals surface area contributed by atoms with Crippen molar-refractivity contribution in [1.29, 1.82) is 0 Å². The first-order chi connectivity index (χ1) is 13.9. The van der Waals surface area contributed by atoms with Gasteiger partial charge in [-0.1, -0.05) is 70.2 Å². The molecule has 166 valence electrons. The van der Waals surface area contributed by atoms with Crippen molar-refractivity contribution < 1.29 is 14.3 Å². The van der Waals surface area contributed by atoms with Gasteiger partial charge in [0.05, 0.1) is 0 Å². The number of nitrogens with two attached hydrogens (primary N) is 1. The first kappa shape index (κ1) is 26.0. The Bertz CT molecular complexity index is 745. The molecule has 0 aliphatic carbocycles. The van der Waals surface area contributed by atoms with Crippen LogP contribution in [0.1, 0.15) is 47.5 Å². The van der Waals surface area contributed by atoms with Gasteiger partial charge in [0, 0.05) is 0 Å². The van der Waals surface area contributed by atoms with Crippen LogP contribution in [0.25, 0.3) is 11.1 Å². The Morgan fingerprint density at radius 2 is 1.43 bits per heavy atom. The summed E-state index contributed by atoms with van der Waals surface area (Å²) in [5.41, 5.74) is 8.26. The zero-order valence-corrected chi connectivity index (χ0v) is 19.5. The van der Waals surface area contributed by atoms with E-state index in [1.807, 2.05) is 51.1 Å². The summed E-state index contributed by atoms with van der Waals surface area (Å²) in [4.78, 5) is 12.3. The molecule has 30 heavy (non-hydrogen) atoms. The van der Waals surface area contributed by atoms with Crippen LogP contribution in [0.3, 0.4) is 0 Å². The van der Waals surface area contributed by atoms with E-state index in [4.69, 9.17) is 15.2 Å². The minimum atomic E-state index is -0.620. The summed E-state index contributed by atoms with van der Waals surface area (Å²) in [6, 6.07) is 17.7. The monoisotopic (exact) mass is 433 g/mol. The van der Waals surface area contributed by atoms with E-state index in [0.717, 1.165) is 24.2 Å². The van der Waals surface area contributed by atoms with Gasteiger partial charge in [-0.15, -0.1) is 12.4 Å². The van der Waals surface area contributed by atoms with Crippen molar-refractivity contribution in [3.63, 3.8) is 0 Å². The van der Waals surface area contributed by atoms with E-state index in [2.05, 4.69) is 38.1 Å². The highest BCUT2D eigenvalue weighted by atomic mass is 35.5. The molecule has 2 aromatic rings. The summed E-state index contributed by atoms with van der Waals surface area (Å²) < 4.78 is 12.0. The van der Waals surface area contributed by atoms with Crippen LogP contribution >= 0.6 is 12.4 Å². The van der Waals surface area contributed by atoms with Gasteiger partial charge in [0.2, 0.25) is 0 Å². The highest BCUT2D eigenvalue weighted by Crippen LogP contribution is 2.27. The molecule has 0 saturated heterocycles. The molecule has 0 saturated carbocycles. The summed E-state index contributed by atoms with van der Waals surface area (Å²) in [6.45, 7) is 10.0. The highest BCUT2D eigenvalue weighted by molar-refractivity contribution is 5.85. The average molecular weight is 434 g/mol. The summed E-state index contributed by atoms with van der Waals surface area (Å²) in [5, 5.41) is 0. The molecule has 0 aromatic heterocycles. The fraction of sp³-hybridized carbons (Fsp3) is 0.480. The molecule has 0 aliphatic heterocycles. The van der Waals surface area contributed by atoms with E-state index in [1.54, 1.807) is 0 Å². The Labute approximate surface area is 187 Å². The third-order valence-electron chi connectivity index (χ3n) is 5.50. The molecule has 2 rings (SSSR count). The summed E-state index contributed by atoms with van der Waals surface area (Å²) >= 11 is 0. The summed E-state index contributed by atoms with van der Waals surface area (Å²) in [7, 11) is 0. The Morgan fingerprint density at radius 1 is 0.900 bits per heavy atom. The van der Waals surface area contributed by atoms with Crippen LogP contribution in [0, 0.1) is 11.8 Å². The number of esters is 1. The number of ether oxygens (including phenoxy) is 2. The predicted octanol–water partition coefficient (Wildman–Crippen LogP) is 5.87. The smallest absolute Gasteiger partial charge is 0.323 e. The van der Waals surface area contributed by atoms with Crippen LogP contribution in [0.15, 0.2) is 54.6 Å². The van der Waals surface area contributed by atoms with E-state index in [1.165, 1.54) is 5.56 Å². The fourth-order valence-electron chi connectivity index (χ4n) is 3.44. The molecule has 0 bridgehead atoms. The Morgan fingerprint density at radius 3 is 1.93 bits per heavy atom. The van der Waals surface area contributed by atoms with Gasteiger partial charge in [-0.2, -0.15) is 0 Å². The van der Waals surface area contributed by atoms with Crippen molar-refractivity contribution in [1.82, 2.24) is 0 Å². The summed E-state index contributed by atoms with van der Waals surface area (Å²) in [6.07, 6.45) is 1.28. The number of benzene rings is 2. The van der Waals surface area contributed by atoms with Crippen LogP contribution in [0.5, 0.6) is 5.75 Å². The Hall–Kier alpha value is -2.04. The molecule has 2 aromatic carbocycles. The van der Waals surface area contributed by atoms with Crippen LogP contribution in [-0.2, 0) is 9.53 Å². The van der Waals surface area contributed by atoms with Gasteiger partial charge in [0.1, 0.15) is 24.0 Å². The van der Waals surface area contributed by atoms with Crippen molar-refractivity contribution in [3.8, 4) is 16.9 Å². The molecule has 0 radical (unpaired) electrons. The third kappa shape index (κ3) is 7.03. The normalized spacial score (nSPS) is 14.0. The van der Waals surface area contributed by atoms with E-state index in [9.17, 15) is 4.79 Å². The van der Waals surface area contributed by atoms with Gasteiger partial charge >= 0.3 is 5.97 Å². The molecular formula is C25H36ClNO3. The van der Waals surface area contributed by atoms with Gasteiger partial charge in [-0.25, -0.2) is 0 Å². The molecule has 0 heterocycles. The van der Waals surface area contributed by atoms with Crippen molar-refractivity contribution in [2.24, 2.45) is 17.6 Å². The molecule has 5 heteroatoms. The SMILES string of the molecule is CCC(CC)[C@@H](Oc1ccc(-c2ccccc2)cc1)[C@H](C)OC(=O)[C@@H](N)C(C)C.Cl. The number of hydrogen-bond donors (Lipinski definition) is 1. The topological polar surface area (TPSA) is 61.5 Å². The largest absolute Gasteiger partial charge is 0.486 e. The van der Waals surface area contributed by atoms with Gasteiger partial charge < -0.3 is 15.2 Å². The van der Waals surface area contributed by atoms with Gasteiger partial charge in [0.15, 0.2) is 0 Å². The summed E-state index contributed by atoms with van der Waals surface area (Å²) in [5.74, 6) is 0.721. The van der Waals surface area contributed by atoms with Crippen molar-refractivity contribution in [2.45, 2.75) is 65.7 Å². The predicted molar refractivity (Wildman–Crippen MR) is 126 cm³/mol. The Kier molecular flexibility index (Phi) is 10.9. The van der Waals surface area contributed by atoms with E-state index in [0.29, 0.717) is 0 Å². The maximum Gasteiger partial charge on any atom is 0.323 e.